The summed E-state index contributed by atoms with van der Waals surface area (Å²) in [6.07, 6.45) is 2.82. The lowest BCUT2D eigenvalue weighted by Gasteiger charge is -2.13. The summed E-state index contributed by atoms with van der Waals surface area (Å²) in [6.45, 7) is 5.89. The number of aromatic nitrogens is 1. The first kappa shape index (κ1) is 19.8. The Morgan fingerprint density at radius 2 is 1.41 bits per heavy atom. The molecule has 0 atom stereocenters. The zero-order valence-electron chi connectivity index (χ0n) is 16.4. The molecule has 2 aromatic carbocycles. The van der Waals surface area contributed by atoms with Gasteiger partial charge in [-0.2, -0.15) is 5.26 Å². The molecule has 0 aliphatic carbocycles. The fraction of sp³-hybridized carbons (Fsp3) is 0.130. The lowest BCUT2D eigenvalue weighted by Crippen LogP contribution is -2.17. The Balaban J connectivity index is 1.77. The summed E-state index contributed by atoms with van der Waals surface area (Å²) in [5.74, 6) is -0.722. The molecule has 0 saturated heterocycles. The van der Waals surface area contributed by atoms with Crippen molar-refractivity contribution in [2.24, 2.45) is 0 Å². The zero-order chi connectivity index (χ0) is 21.0. The van der Waals surface area contributed by atoms with Crippen molar-refractivity contribution in [1.82, 2.24) is 4.98 Å². The Kier molecular flexibility index (Phi) is 5.70. The predicted molar refractivity (Wildman–Crippen MR) is 112 cm³/mol. The molecule has 1 heterocycles. The Labute approximate surface area is 169 Å². The molecule has 0 fully saturated rings. The Morgan fingerprint density at radius 1 is 0.862 bits per heavy atom. The normalized spacial score (nSPS) is 10.1. The van der Waals surface area contributed by atoms with E-state index in [0.717, 1.165) is 22.4 Å². The number of carbonyl (C=O) groups excluding carboxylic acids is 2. The molecular weight excluding hydrogens is 364 g/mol. The highest BCUT2D eigenvalue weighted by molar-refractivity contribution is 6.08. The van der Waals surface area contributed by atoms with Gasteiger partial charge < -0.3 is 10.6 Å². The van der Waals surface area contributed by atoms with E-state index in [1.807, 2.05) is 39.0 Å². The molecule has 0 spiro atoms. The van der Waals surface area contributed by atoms with Crippen molar-refractivity contribution in [2.45, 2.75) is 20.8 Å². The Bertz CT molecular complexity index is 1110. The van der Waals surface area contributed by atoms with E-state index in [1.54, 1.807) is 24.3 Å². The topological polar surface area (TPSA) is 94.9 Å². The molecule has 2 amide bonds. The van der Waals surface area contributed by atoms with Gasteiger partial charge in [-0.05, 0) is 62.2 Å². The predicted octanol–water partition coefficient (Wildman–Crippen LogP) is 4.38. The highest BCUT2D eigenvalue weighted by atomic mass is 16.2. The molecule has 0 saturated carbocycles. The van der Waals surface area contributed by atoms with Gasteiger partial charge in [0.25, 0.3) is 11.8 Å². The van der Waals surface area contributed by atoms with Crippen LogP contribution in [0.1, 0.15) is 43.0 Å². The summed E-state index contributed by atoms with van der Waals surface area (Å²) < 4.78 is 0. The van der Waals surface area contributed by atoms with Gasteiger partial charge in [0.15, 0.2) is 0 Å². The maximum Gasteiger partial charge on any atom is 0.257 e. The lowest BCUT2D eigenvalue weighted by atomic mass is 10.0. The number of nitriles is 1. The van der Waals surface area contributed by atoms with Gasteiger partial charge in [0.05, 0.1) is 22.8 Å². The van der Waals surface area contributed by atoms with Crippen LogP contribution in [0.5, 0.6) is 0 Å². The van der Waals surface area contributed by atoms with Crippen LogP contribution in [0, 0.1) is 32.1 Å². The summed E-state index contributed by atoms with van der Waals surface area (Å²) in [6, 6.07) is 14.0. The Hall–Kier alpha value is -3.98. The molecule has 0 unspecified atom stereocenters. The molecule has 0 radical (unpaired) electrons. The number of amides is 2. The van der Waals surface area contributed by atoms with Crippen LogP contribution in [-0.4, -0.2) is 16.8 Å². The first-order valence-electron chi connectivity index (χ1n) is 9.03. The van der Waals surface area contributed by atoms with E-state index >= 15 is 0 Å². The van der Waals surface area contributed by atoms with E-state index in [1.165, 1.54) is 18.5 Å². The highest BCUT2D eigenvalue weighted by Crippen LogP contribution is 2.22. The minimum Gasteiger partial charge on any atom is -0.322 e. The molecule has 3 aromatic rings. The van der Waals surface area contributed by atoms with E-state index in [9.17, 15) is 9.59 Å². The van der Waals surface area contributed by atoms with Crippen LogP contribution in [0.4, 0.5) is 11.4 Å². The van der Waals surface area contributed by atoms with Crippen molar-refractivity contribution in [3.8, 4) is 6.07 Å². The molecular formula is C23H20N4O2. The van der Waals surface area contributed by atoms with Gasteiger partial charge in [0.1, 0.15) is 0 Å². The number of benzene rings is 2. The largest absolute Gasteiger partial charge is 0.322 e. The summed E-state index contributed by atoms with van der Waals surface area (Å²) in [5, 5.41) is 14.5. The maximum absolute atomic E-state index is 12.7. The van der Waals surface area contributed by atoms with Crippen molar-refractivity contribution < 1.29 is 9.59 Å². The van der Waals surface area contributed by atoms with E-state index < -0.39 is 0 Å². The van der Waals surface area contributed by atoms with Gasteiger partial charge in [-0.3, -0.25) is 14.6 Å². The third-order valence-electron chi connectivity index (χ3n) is 4.45. The summed E-state index contributed by atoms with van der Waals surface area (Å²) in [5.41, 5.74) is 5.43. The van der Waals surface area contributed by atoms with Crippen LogP contribution in [0.3, 0.4) is 0 Å². The van der Waals surface area contributed by atoms with Crippen molar-refractivity contribution in [3.05, 3.63) is 88.2 Å². The molecule has 144 valence electrons. The monoisotopic (exact) mass is 384 g/mol. The van der Waals surface area contributed by atoms with Crippen molar-refractivity contribution in [2.75, 3.05) is 10.6 Å². The number of aryl methyl sites for hydroxylation is 3. The molecule has 1 aromatic heterocycles. The molecule has 0 aliphatic heterocycles. The molecule has 2 N–H and O–H groups in total. The average Bonchev–Trinajstić information content (AvgIpc) is 2.71. The van der Waals surface area contributed by atoms with Gasteiger partial charge in [-0.15, -0.1) is 0 Å². The van der Waals surface area contributed by atoms with Gasteiger partial charge in [0, 0.05) is 23.8 Å². The standard InChI is InChI=1S/C23H20N4O2/c1-14-8-15(2)21(16(3)9-14)27-23(29)19-10-18(12-25-13-19)22(28)26-20-6-4-17(11-24)5-7-20/h4-10,12-13H,1-3H3,(H,26,28)(H,27,29). The minimum atomic E-state index is -0.389. The highest BCUT2D eigenvalue weighted by Gasteiger charge is 2.14. The number of anilines is 2. The van der Waals surface area contributed by atoms with Crippen molar-refractivity contribution >= 4 is 23.2 Å². The number of nitrogens with one attached hydrogen (secondary N) is 2. The van der Waals surface area contributed by atoms with Crippen molar-refractivity contribution in [3.63, 3.8) is 0 Å². The number of rotatable bonds is 4. The zero-order valence-corrected chi connectivity index (χ0v) is 16.4. The summed E-state index contributed by atoms with van der Waals surface area (Å²) in [7, 11) is 0. The smallest absolute Gasteiger partial charge is 0.257 e. The first-order valence-corrected chi connectivity index (χ1v) is 9.03. The second-order valence-corrected chi connectivity index (χ2v) is 6.83. The fourth-order valence-corrected chi connectivity index (χ4v) is 3.08. The third-order valence-corrected chi connectivity index (χ3v) is 4.45. The van der Waals surface area contributed by atoms with E-state index in [2.05, 4.69) is 15.6 Å². The lowest BCUT2D eigenvalue weighted by molar-refractivity contribution is 0.102. The molecule has 6 nitrogen and oxygen atoms in total. The molecule has 0 aliphatic rings. The quantitative estimate of drug-likeness (QED) is 0.698. The van der Waals surface area contributed by atoms with Gasteiger partial charge in [-0.25, -0.2) is 0 Å². The van der Waals surface area contributed by atoms with E-state index in [-0.39, 0.29) is 22.9 Å². The first-order chi connectivity index (χ1) is 13.9. The van der Waals surface area contributed by atoms with Crippen molar-refractivity contribution in [1.29, 1.82) is 5.26 Å². The number of pyridine rings is 1. The van der Waals surface area contributed by atoms with Gasteiger partial charge in [-0.1, -0.05) is 17.7 Å². The second kappa shape index (κ2) is 8.36. The number of hydrogen-bond acceptors (Lipinski definition) is 4. The molecule has 0 bridgehead atoms. The second-order valence-electron chi connectivity index (χ2n) is 6.83. The van der Waals surface area contributed by atoms with Crippen LogP contribution in [0.25, 0.3) is 0 Å². The number of nitrogens with zero attached hydrogens (tertiary/aromatic N) is 2. The molecule has 3 rings (SSSR count). The maximum atomic E-state index is 12.7. The number of carbonyl (C=O) groups is 2. The van der Waals surface area contributed by atoms with Crippen LogP contribution in [0.15, 0.2) is 54.9 Å². The van der Waals surface area contributed by atoms with Gasteiger partial charge >= 0.3 is 0 Å². The third kappa shape index (κ3) is 4.66. The van der Waals surface area contributed by atoms with E-state index in [0.29, 0.717) is 11.3 Å². The summed E-state index contributed by atoms with van der Waals surface area (Å²) in [4.78, 5) is 29.2. The van der Waals surface area contributed by atoms with Crippen LogP contribution < -0.4 is 10.6 Å². The van der Waals surface area contributed by atoms with E-state index in [4.69, 9.17) is 5.26 Å². The van der Waals surface area contributed by atoms with Crippen LogP contribution in [0.2, 0.25) is 0 Å². The average molecular weight is 384 g/mol. The molecule has 29 heavy (non-hydrogen) atoms. The Morgan fingerprint density at radius 3 is 1.97 bits per heavy atom. The van der Waals surface area contributed by atoms with Crippen LogP contribution in [-0.2, 0) is 0 Å². The number of hydrogen-bond donors (Lipinski definition) is 2. The minimum absolute atomic E-state index is 0.263. The van der Waals surface area contributed by atoms with Gasteiger partial charge in [0.2, 0.25) is 0 Å². The molecule has 6 heteroatoms. The summed E-state index contributed by atoms with van der Waals surface area (Å²) >= 11 is 0. The SMILES string of the molecule is Cc1cc(C)c(NC(=O)c2cncc(C(=O)Nc3ccc(C#N)cc3)c2)c(C)c1. The van der Waals surface area contributed by atoms with Crippen LogP contribution >= 0.6 is 0 Å². The fourth-order valence-electron chi connectivity index (χ4n) is 3.08.